The molecule has 3 heteroatoms. The molecule has 3 fully saturated rings. The Morgan fingerprint density at radius 1 is 1.08 bits per heavy atom. The largest absolute Gasteiger partial charge is 0.342 e. The smallest absolute Gasteiger partial charge is 0.230 e. The predicted molar refractivity (Wildman–Crippen MR) is 102 cm³/mol. The van der Waals surface area contributed by atoms with Gasteiger partial charge in [-0.25, -0.2) is 0 Å². The second-order valence-corrected chi connectivity index (χ2v) is 8.23. The van der Waals surface area contributed by atoms with Gasteiger partial charge < -0.3 is 4.90 Å². The number of rotatable bonds is 5. The molecule has 0 aromatic heterocycles. The third-order valence-corrected chi connectivity index (χ3v) is 6.43. The summed E-state index contributed by atoms with van der Waals surface area (Å²) in [4.78, 5) is 17.8. The third-order valence-electron chi connectivity index (χ3n) is 6.43. The first kappa shape index (κ1) is 16.8. The molecule has 2 aliphatic heterocycles. The summed E-state index contributed by atoms with van der Waals surface area (Å²) in [7, 11) is 0. The van der Waals surface area contributed by atoms with Crippen LogP contribution < -0.4 is 0 Å². The first-order valence-corrected chi connectivity index (χ1v) is 9.99. The van der Waals surface area contributed by atoms with Crippen molar-refractivity contribution in [1.82, 2.24) is 9.80 Å². The zero-order valence-corrected chi connectivity index (χ0v) is 15.2. The van der Waals surface area contributed by atoms with Crippen molar-refractivity contribution in [3.05, 3.63) is 42.0 Å². The van der Waals surface area contributed by atoms with Crippen LogP contribution in [0.2, 0.25) is 0 Å². The molecule has 1 aliphatic carbocycles. The van der Waals surface area contributed by atoms with Crippen LogP contribution in [-0.2, 0) is 4.79 Å². The van der Waals surface area contributed by atoms with Gasteiger partial charge in [-0.1, -0.05) is 48.9 Å². The lowest BCUT2D eigenvalue weighted by atomic mass is 9.77. The molecule has 1 aromatic rings. The van der Waals surface area contributed by atoms with Crippen LogP contribution in [-0.4, -0.2) is 48.4 Å². The number of nitrogens with zero attached hydrogens (tertiary/aromatic N) is 2. The number of likely N-dealkylation sites (tertiary alicyclic amines) is 2. The summed E-state index contributed by atoms with van der Waals surface area (Å²) in [6.45, 7) is 4.97. The van der Waals surface area contributed by atoms with Crippen molar-refractivity contribution in [3.8, 4) is 0 Å². The van der Waals surface area contributed by atoms with E-state index in [2.05, 4.69) is 46.2 Å². The standard InChI is InChI=1S/C22H30N2O/c25-21-22(12-6-15-24(21)17-20-9-4-10-20)13-16-23(18-22)14-5-11-19-7-2-1-3-8-19/h1-3,5,7-8,11,20H,4,6,9-10,12-18H2/b11-5+. The van der Waals surface area contributed by atoms with Gasteiger partial charge >= 0.3 is 0 Å². The molecule has 0 N–H and O–H groups in total. The van der Waals surface area contributed by atoms with Gasteiger partial charge in [0.05, 0.1) is 5.41 Å². The molecule has 2 heterocycles. The fraction of sp³-hybridized carbons (Fsp3) is 0.591. The summed E-state index contributed by atoms with van der Waals surface area (Å²) >= 11 is 0. The molecular weight excluding hydrogens is 308 g/mol. The van der Waals surface area contributed by atoms with Crippen LogP contribution in [0.4, 0.5) is 0 Å². The highest BCUT2D eigenvalue weighted by molar-refractivity contribution is 5.84. The van der Waals surface area contributed by atoms with Crippen LogP contribution in [0.3, 0.4) is 0 Å². The molecule has 25 heavy (non-hydrogen) atoms. The second-order valence-electron chi connectivity index (χ2n) is 8.23. The highest BCUT2D eigenvalue weighted by atomic mass is 16.2. The molecule has 1 atom stereocenters. The molecule has 1 unspecified atom stereocenters. The molecule has 1 amide bonds. The number of benzene rings is 1. The number of carbonyl (C=O) groups excluding carboxylic acids is 1. The average Bonchev–Trinajstić information content (AvgIpc) is 3.00. The Morgan fingerprint density at radius 3 is 2.68 bits per heavy atom. The van der Waals surface area contributed by atoms with E-state index in [9.17, 15) is 4.79 Å². The lowest BCUT2D eigenvalue weighted by molar-refractivity contribution is -0.146. The van der Waals surface area contributed by atoms with E-state index >= 15 is 0 Å². The summed E-state index contributed by atoms with van der Waals surface area (Å²) in [5.41, 5.74) is 1.17. The molecule has 134 valence electrons. The van der Waals surface area contributed by atoms with E-state index in [1.807, 2.05) is 6.07 Å². The van der Waals surface area contributed by atoms with E-state index in [-0.39, 0.29) is 5.41 Å². The summed E-state index contributed by atoms with van der Waals surface area (Å²) in [5, 5.41) is 0. The van der Waals surface area contributed by atoms with Gasteiger partial charge in [0.25, 0.3) is 0 Å². The Morgan fingerprint density at radius 2 is 1.92 bits per heavy atom. The Bertz CT molecular complexity index is 622. The van der Waals surface area contributed by atoms with E-state index in [1.165, 1.54) is 31.2 Å². The molecule has 0 bridgehead atoms. The molecule has 3 nitrogen and oxygen atoms in total. The number of hydrogen-bond acceptors (Lipinski definition) is 2. The van der Waals surface area contributed by atoms with E-state index in [0.29, 0.717) is 5.91 Å². The maximum atomic E-state index is 13.1. The van der Waals surface area contributed by atoms with Gasteiger partial charge in [-0.3, -0.25) is 9.69 Å². The summed E-state index contributed by atoms with van der Waals surface area (Å²) in [5.74, 6) is 1.24. The highest BCUT2D eigenvalue weighted by Crippen LogP contribution is 2.41. The topological polar surface area (TPSA) is 23.6 Å². The van der Waals surface area contributed by atoms with Crippen molar-refractivity contribution in [2.45, 2.75) is 38.5 Å². The zero-order chi connectivity index (χ0) is 17.1. The fourth-order valence-corrected chi connectivity index (χ4v) is 4.71. The van der Waals surface area contributed by atoms with Crippen LogP contribution in [0.25, 0.3) is 6.08 Å². The molecule has 1 aromatic carbocycles. The van der Waals surface area contributed by atoms with Crippen molar-refractivity contribution in [3.63, 3.8) is 0 Å². The predicted octanol–water partition coefficient (Wildman–Crippen LogP) is 3.81. The van der Waals surface area contributed by atoms with Crippen LogP contribution in [0.15, 0.2) is 36.4 Å². The number of amides is 1. The second kappa shape index (κ2) is 7.33. The number of piperidine rings is 1. The minimum atomic E-state index is -0.0808. The van der Waals surface area contributed by atoms with Gasteiger partial charge in [0.2, 0.25) is 5.91 Å². The van der Waals surface area contributed by atoms with Crippen LogP contribution in [0.5, 0.6) is 0 Å². The van der Waals surface area contributed by atoms with E-state index in [0.717, 1.165) is 51.5 Å². The molecule has 4 rings (SSSR count). The molecule has 1 saturated carbocycles. The third kappa shape index (κ3) is 3.67. The van der Waals surface area contributed by atoms with Crippen molar-refractivity contribution in [2.75, 3.05) is 32.7 Å². The van der Waals surface area contributed by atoms with Gasteiger partial charge in [-0.05, 0) is 50.1 Å². The quantitative estimate of drug-likeness (QED) is 0.815. The lowest BCUT2D eigenvalue weighted by Gasteiger charge is -2.42. The first-order chi connectivity index (χ1) is 12.3. The van der Waals surface area contributed by atoms with Crippen molar-refractivity contribution in [1.29, 1.82) is 0 Å². The Balaban J connectivity index is 1.33. The first-order valence-electron chi connectivity index (χ1n) is 9.99. The maximum Gasteiger partial charge on any atom is 0.230 e. The fourth-order valence-electron chi connectivity index (χ4n) is 4.71. The molecular formula is C22H30N2O. The number of carbonyl (C=O) groups is 1. The Hall–Kier alpha value is -1.61. The Kier molecular flexibility index (Phi) is 4.93. The van der Waals surface area contributed by atoms with Crippen LogP contribution in [0, 0.1) is 11.3 Å². The van der Waals surface area contributed by atoms with Gasteiger partial charge in [-0.2, -0.15) is 0 Å². The summed E-state index contributed by atoms with van der Waals surface area (Å²) in [6, 6.07) is 10.4. The van der Waals surface area contributed by atoms with E-state index in [1.54, 1.807) is 0 Å². The van der Waals surface area contributed by atoms with Crippen molar-refractivity contribution >= 4 is 12.0 Å². The molecule has 1 spiro atoms. The van der Waals surface area contributed by atoms with Crippen LogP contribution in [0.1, 0.15) is 44.1 Å². The van der Waals surface area contributed by atoms with E-state index < -0.39 is 0 Å². The zero-order valence-electron chi connectivity index (χ0n) is 15.2. The maximum absolute atomic E-state index is 13.1. The molecule has 3 aliphatic rings. The van der Waals surface area contributed by atoms with Gasteiger partial charge in [0, 0.05) is 26.2 Å². The minimum absolute atomic E-state index is 0.0808. The highest BCUT2D eigenvalue weighted by Gasteiger charge is 2.48. The van der Waals surface area contributed by atoms with Gasteiger partial charge in [-0.15, -0.1) is 0 Å². The summed E-state index contributed by atoms with van der Waals surface area (Å²) < 4.78 is 0. The monoisotopic (exact) mass is 338 g/mol. The number of hydrogen-bond donors (Lipinski definition) is 0. The summed E-state index contributed by atoms with van der Waals surface area (Å²) in [6.07, 6.45) is 11.8. The lowest BCUT2D eigenvalue weighted by Crippen LogP contribution is -2.51. The molecule has 0 radical (unpaired) electrons. The SMILES string of the molecule is O=C1N(CC2CCC2)CCCC12CCN(C/C=C/c1ccccc1)C2. The van der Waals surface area contributed by atoms with Crippen molar-refractivity contribution in [2.24, 2.45) is 11.3 Å². The van der Waals surface area contributed by atoms with Crippen molar-refractivity contribution < 1.29 is 4.79 Å². The minimum Gasteiger partial charge on any atom is -0.342 e. The molecule has 2 saturated heterocycles. The van der Waals surface area contributed by atoms with Gasteiger partial charge in [0.1, 0.15) is 0 Å². The van der Waals surface area contributed by atoms with E-state index in [4.69, 9.17) is 0 Å². The van der Waals surface area contributed by atoms with Crippen LogP contribution >= 0.6 is 0 Å². The normalized spacial score (nSPS) is 28.2. The Labute approximate surface area is 151 Å². The average molecular weight is 338 g/mol. The van der Waals surface area contributed by atoms with Gasteiger partial charge in [0.15, 0.2) is 0 Å².